The second kappa shape index (κ2) is 6.26. The zero-order valence-corrected chi connectivity index (χ0v) is 13.6. The highest BCUT2D eigenvalue weighted by molar-refractivity contribution is 9.10. The Hall–Kier alpha value is -2.60. The minimum absolute atomic E-state index is 0.277. The number of benzene rings is 2. The second-order valence-electron chi connectivity index (χ2n) is 4.69. The minimum Gasteiger partial charge on any atom is -0.496 e. The van der Waals surface area contributed by atoms with Gasteiger partial charge in [-0.3, -0.25) is 0 Å². The fourth-order valence-corrected chi connectivity index (χ4v) is 2.47. The van der Waals surface area contributed by atoms with Crippen LogP contribution in [-0.2, 0) is 0 Å². The topological polar surface area (TPSA) is 65.7 Å². The third-order valence-electron chi connectivity index (χ3n) is 3.19. The van der Waals surface area contributed by atoms with Gasteiger partial charge in [0.25, 0.3) is 0 Å². The van der Waals surface area contributed by atoms with E-state index in [1.54, 1.807) is 36.4 Å². The molecule has 0 amide bonds. The van der Waals surface area contributed by atoms with Crippen LogP contribution in [-0.4, -0.2) is 13.1 Å². The zero-order valence-electron chi connectivity index (χ0n) is 12.0. The molecule has 0 N–H and O–H groups in total. The molecule has 23 heavy (non-hydrogen) atoms. The molecule has 6 heteroatoms. The molecule has 0 aliphatic rings. The van der Waals surface area contributed by atoms with Crippen molar-refractivity contribution in [2.24, 2.45) is 0 Å². The van der Waals surface area contributed by atoms with E-state index in [4.69, 9.17) is 13.9 Å². The van der Waals surface area contributed by atoms with E-state index < -0.39 is 11.6 Å². The van der Waals surface area contributed by atoms with Crippen molar-refractivity contribution in [1.82, 2.24) is 0 Å². The molecular formula is C17H11BrO5. The summed E-state index contributed by atoms with van der Waals surface area (Å²) in [6.45, 7) is 0. The SMILES string of the molecule is COc1ccc(Br)cc1C(=O)Oc1ccc2ccc(=O)oc2c1. The number of carbonyl (C=O) groups excluding carboxylic acids is 1. The van der Waals surface area contributed by atoms with Crippen molar-refractivity contribution in [1.29, 1.82) is 0 Å². The molecule has 0 bridgehead atoms. The van der Waals surface area contributed by atoms with Crippen LogP contribution in [0.3, 0.4) is 0 Å². The predicted octanol–water partition coefficient (Wildman–Crippen LogP) is 3.78. The number of halogens is 1. The van der Waals surface area contributed by atoms with Crippen LogP contribution in [0.25, 0.3) is 11.0 Å². The molecule has 0 aliphatic heterocycles. The minimum atomic E-state index is -0.569. The van der Waals surface area contributed by atoms with Crippen molar-refractivity contribution in [3.05, 3.63) is 69.0 Å². The molecule has 0 radical (unpaired) electrons. The number of fused-ring (bicyclic) bond motifs is 1. The van der Waals surface area contributed by atoms with E-state index >= 15 is 0 Å². The molecule has 1 aromatic heterocycles. The fraction of sp³-hybridized carbons (Fsp3) is 0.0588. The van der Waals surface area contributed by atoms with Crippen molar-refractivity contribution in [3.8, 4) is 11.5 Å². The Kier molecular flexibility index (Phi) is 4.16. The largest absolute Gasteiger partial charge is 0.496 e. The van der Waals surface area contributed by atoms with Crippen molar-refractivity contribution >= 4 is 32.9 Å². The van der Waals surface area contributed by atoms with Gasteiger partial charge in [-0.1, -0.05) is 15.9 Å². The summed E-state index contributed by atoms with van der Waals surface area (Å²) in [5.74, 6) is 0.116. The lowest BCUT2D eigenvalue weighted by Gasteiger charge is -2.09. The maximum atomic E-state index is 12.3. The summed E-state index contributed by atoms with van der Waals surface area (Å²) >= 11 is 3.31. The van der Waals surface area contributed by atoms with E-state index in [2.05, 4.69) is 15.9 Å². The lowest BCUT2D eigenvalue weighted by molar-refractivity contribution is 0.0731. The quantitative estimate of drug-likeness (QED) is 0.396. The Morgan fingerprint density at radius 1 is 1.09 bits per heavy atom. The number of methoxy groups -OCH3 is 1. The maximum absolute atomic E-state index is 12.3. The summed E-state index contributed by atoms with van der Waals surface area (Å²) in [5, 5.41) is 0.740. The van der Waals surface area contributed by atoms with E-state index in [0.29, 0.717) is 11.3 Å². The molecule has 0 saturated carbocycles. The fourth-order valence-electron chi connectivity index (χ4n) is 2.11. The van der Waals surface area contributed by atoms with Gasteiger partial charge in [0.1, 0.15) is 22.6 Å². The van der Waals surface area contributed by atoms with E-state index in [9.17, 15) is 9.59 Å². The molecule has 0 fully saturated rings. The van der Waals surface area contributed by atoms with Gasteiger partial charge in [0.15, 0.2) is 0 Å². The molecule has 0 aliphatic carbocycles. The Bertz CT molecular complexity index is 945. The summed E-state index contributed by atoms with van der Waals surface area (Å²) in [7, 11) is 1.48. The van der Waals surface area contributed by atoms with Crippen LogP contribution in [0.4, 0.5) is 0 Å². The number of ether oxygens (including phenoxy) is 2. The lowest BCUT2D eigenvalue weighted by Crippen LogP contribution is -2.10. The van der Waals surface area contributed by atoms with Crippen LogP contribution in [0.1, 0.15) is 10.4 Å². The summed E-state index contributed by atoms with van der Waals surface area (Å²) in [6.07, 6.45) is 0. The summed E-state index contributed by atoms with van der Waals surface area (Å²) in [4.78, 5) is 23.6. The van der Waals surface area contributed by atoms with Crippen LogP contribution in [0, 0.1) is 0 Å². The van der Waals surface area contributed by atoms with Gasteiger partial charge in [0.05, 0.1) is 7.11 Å². The van der Waals surface area contributed by atoms with Gasteiger partial charge in [-0.15, -0.1) is 0 Å². The Balaban J connectivity index is 1.94. The molecule has 0 atom stereocenters. The van der Waals surface area contributed by atoms with E-state index in [1.807, 2.05) is 0 Å². The monoisotopic (exact) mass is 374 g/mol. The average molecular weight is 375 g/mol. The predicted molar refractivity (Wildman–Crippen MR) is 88.1 cm³/mol. The third kappa shape index (κ3) is 3.27. The lowest BCUT2D eigenvalue weighted by atomic mass is 10.2. The Morgan fingerprint density at radius 3 is 2.65 bits per heavy atom. The Morgan fingerprint density at radius 2 is 1.87 bits per heavy atom. The number of hydrogen-bond donors (Lipinski definition) is 0. The van der Waals surface area contributed by atoms with Crippen LogP contribution in [0.15, 0.2) is 62.2 Å². The second-order valence-corrected chi connectivity index (χ2v) is 5.60. The van der Waals surface area contributed by atoms with Crippen LogP contribution in [0.5, 0.6) is 11.5 Å². The highest BCUT2D eigenvalue weighted by Gasteiger charge is 2.15. The Labute approximate surface area is 139 Å². The smallest absolute Gasteiger partial charge is 0.347 e. The highest BCUT2D eigenvalue weighted by Crippen LogP contribution is 2.26. The third-order valence-corrected chi connectivity index (χ3v) is 3.68. The summed E-state index contributed by atoms with van der Waals surface area (Å²) < 4.78 is 16.3. The van der Waals surface area contributed by atoms with Gasteiger partial charge in [0, 0.05) is 22.0 Å². The molecule has 116 valence electrons. The first-order chi connectivity index (χ1) is 11.1. The van der Waals surface area contributed by atoms with Crippen molar-refractivity contribution in [2.45, 2.75) is 0 Å². The first-order valence-corrected chi connectivity index (χ1v) is 7.46. The van der Waals surface area contributed by atoms with Crippen LogP contribution >= 0.6 is 15.9 Å². The van der Waals surface area contributed by atoms with Gasteiger partial charge < -0.3 is 13.9 Å². The molecule has 3 rings (SSSR count). The van der Waals surface area contributed by atoms with Crippen molar-refractivity contribution in [2.75, 3.05) is 7.11 Å². The molecule has 1 heterocycles. The van der Waals surface area contributed by atoms with Gasteiger partial charge >= 0.3 is 11.6 Å². The molecule has 0 saturated heterocycles. The standard InChI is InChI=1S/C17H11BrO5/c1-21-14-6-4-11(18)8-13(14)17(20)22-12-5-2-10-3-7-16(19)23-15(10)9-12/h2-9H,1H3. The van der Waals surface area contributed by atoms with Crippen molar-refractivity contribution < 1.29 is 18.7 Å². The first kappa shape index (κ1) is 15.3. The van der Waals surface area contributed by atoms with Gasteiger partial charge in [-0.25, -0.2) is 9.59 Å². The van der Waals surface area contributed by atoms with E-state index in [1.165, 1.54) is 19.2 Å². The highest BCUT2D eigenvalue weighted by atomic mass is 79.9. The molecular weight excluding hydrogens is 364 g/mol. The summed E-state index contributed by atoms with van der Waals surface area (Å²) in [5.41, 5.74) is 0.176. The molecule has 2 aromatic carbocycles. The van der Waals surface area contributed by atoms with Crippen LogP contribution < -0.4 is 15.1 Å². The van der Waals surface area contributed by atoms with E-state index in [0.717, 1.165) is 9.86 Å². The number of carbonyl (C=O) groups is 1. The number of esters is 1. The molecule has 0 spiro atoms. The normalized spacial score (nSPS) is 10.5. The maximum Gasteiger partial charge on any atom is 0.347 e. The first-order valence-electron chi connectivity index (χ1n) is 6.66. The zero-order chi connectivity index (χ0) is 16.4. The number of rotatable bonds is 3. The van der Waals surface area contributed by atoms with Gasteiger partial charge in [0.2, 0.25) is 0 Å². The van der Waals surface area contributed by atoms with Crippen LogP contribution in [0.2, 0.25) is 0 Å². The van der Waals surface area contributed by atoms with E-state index in [-0.39, 0.29) is 11.3 Å². The molecule has 5 nitrogen and oxygen atoms in total. The van der Waals surface area contributed by atoms with Gasteiger partial charge in [-0.2, -0.15) is 0 Å². The average Bonchev–Trinajstić information content (AvgIpc) is 2.54. The molecule has 3 aromatic rings. The summed E-state index contributed by atoms with van der Waals surface area (Å²) in [6, 6.07) is 12.9. The molecule has 0 unspecified atom stereocenters. The van der Waals surface area contributed by atoms with Gasteiger partial charge in [-0.05, 0) is 36.4 Å². The van der Waals surface area contributed by atoms with Crippen molar-refractivity contribution in [3.63, 3.8) is 0 Å². The number of hydrogen-bond acceptors (Lipinski definition) is 5.